The van der Waals surface area contributed by atoms with Crippen molar-refractivity contribution in [2.45, 2.75) is 0 Å². The number of hydrogen-bond donors (Lipinski definition) is 1. The first-order chi connectivity index (χ1) is 11.4. The summed E-state index contributed by atoms with van der Waals surface area (Å²) in [4.78, 5) is 22.1. The molecule has 0 unspecified atom stereocenters. The third-order valence-corrected chi connectivity index (χ3v) is 3.60. The summed E-state index contributed by atoms with van der Waals surface area (Å²) >= 11 is 11.5. The zero-order valence-electron chi connectivity index (χ0n) is 12.0. The van der Waals surface area contributed by atoms with E-state index in [0.717, 1.165) is 0 Å². The lowest BCUT2D eigenvalue weighted by molar-refractivity contribution is -0.384. The van der Waals surface area contributed by atoms with E-state index in [1.807, 2.05) is 6.07 Å². The van der Waals surface area contributed by atoms with Crippen molar-refractivity contribution in [1.82, 2.24) is 0 Å². The Morgan fingerprint density at radius 2 is 1.92 bits per heavy atom. The lowest BCUT2D eigenvalue weighted by Crippen LogP contribution is -2.07. The first-order valence-corrected chi connectivity index (χ1v) is 7.29. The van der Waals surface area contributed by atoms with Crippen LogP contribution in [-0.2, 0) is 4.79 Å². The molecule has 0 heterocycles. The van der Waals surface area contributed by atoms with E-state index < -0.39 is 10.8 Å². The topological polar surface area (TPSA) is 96.0 Å². The van der Waals surface area contributed by atoms with Gasteiger partial charge in [0.05, 0.1) is 15.5 Å². The van der Waals surface area contributed by atoms with Crippen LogP contribution in [0.3, 0.4) is 0 Å². The molecule has 0 aliphatic rings. The zero-order valence-corrected chi connectivity index (χ0v) is 13.5. The molecule has 2 rings (SSSR count). The summed E-state index contributed by atoms with van der Waals surface area (Å²) < 4.78 is 0. The molecule has 0 atom stereocenters. The summed E-state index contributed by atoms with van der Waals surface area (Å²) in [6.45, 7) is 0. The molecule has 0 aliphatic carbocycles. The molecule has 2 aromatic rings. The smallest absolute Gasteiger partial charge is 0.288 e. The Balaban J connectivity index is 2.12. The van der Waals surface area contributed by atoms with Crippen molar-refractivity contribution in [3.63, 3.8) is 0 Å². The molecule has 0 aliphatic heterocycles. The van der Waals surface area contributed by atoms with Crippen molar-refractivity contribution in [3.05, 3.63) is 73.8 Å². The van der Waals surface area contributed by atoms with E-state index in [1.165, 1.54) is 36.4 Å². The van der Waals surface area contributed by atoms with Gasteiger partial charge in [0, 0.05) is 17.8 Å². The Hall–Kier alpha value is -2.88. The average Bonchev–Trinajstić information content (AvgIpc) is 2.55. The van der Waals surface area contributed by atoms with E-state index in [-0.39, 0.29) is 16.3 Å². The molecule has 1 amide bonds. The summed E-state index contributed by atoms with van der Waals surface area (Å²) in [7, 11) is 0. The predicted octanol–water partition coefficient (Wildman–Crippen LogP) is 4.43. The number of nitrogens with zero attached hydrogens (tertiary/aromatic N) is 2. The largest absolute Gasteiger partial charge is 0.322 e. The Kier molecular flexibility index (Phi) is 5.53. The van der Waals surface area contributed by atoms with E-state index in [4.69, 9.17) is 28.5 Å². The Bertz CT molecular complexity index is 889. The molecule has 0 fully saturated rings. The normalized spacial score (nSPS) is 10.4. The highest BCUT2D eigenvalue weighted by Gasteiger charge is 2.11. The monoisotopic (exact) mass is 361 g/mol. The van der Waals surface area contributed by atoms with Crippen LogP contribution in [-0.4, -0.2) is 10.8 Å². The van der Waals surface area contributed by atoms with Crippen LogP contribution in [0.25, 0.3) is 6.08 Å². The van der Waals surface area contributed by atoms with Crippen molar-refractivity contribution in [1.29, 1.82) is 5.26 Å². The number of nitriles is 1. The molecule has 2 aromatic carbocycles. The standard InChI is InChI=1S/C16H9Cl2N3O3/c17-13-5-3-12(8-11(13)9-19)20-16(22)6-2-10-1-4-14(18)15(7-10)21(23)24/h1-8H,(H,20,22)/b6-2+. The zero-order chi connectivity index (χ0) is 17.7. The molecular formula is C16H9Cl2N3O3. The molecule has 0 saturated heterocycles. The van der Waals surface area contributed by atoms with E-state index in [1.54, 1.807) is 12.1 Å². The van der Waals surface area contributed by atoms with E-state index in [2.05, 4.69) is 5.32 Å². The summed E-state index contributed by atoms with van der Waals surface area (Å²) in [6.07, 6.45) is 2.63. The van der Waals surface area contributed by atoms with Gasteiger partial charge in [0.1, 0.15) is 11.1 Å². The molecule has 0 spiro atoms. The van der Waals surface area contributed by atoms with Gasteiger partial charge in [0.15, 0.2) is 0 Å². The SMILES string of the molecule is N#Cc1cc(NC(=O)/C=C/c2ccc(Cl)c([N+](=O)[O-])c2)ccc1Cl. The van der Waals surface area contributed by atoms with Crippen LogP contribution in [0.1, 0.15) is 11.1 Å². The highest BCUT2D eigenvalue weighted by Crippen LogP contribution is 2.25. The maximum Gasteiger partial charge on any atom is 0.288 e. The fourth-order valence-electron chi connectivity index (χ4n) is 1.82. The molecule has 120 valence electrons. The number of nitro benzene ring substituents is 1. The molecule has 1 N–H and O–H groups in total. The quantitative estimate of drug-likeness (QED) is 0.494. The van der Waals surface area contributed by atoms with Gasteiger partial charge in [-0.25, -0.2) is 0 Å². The first-order valence-electron chi connectivity index (χ1n) is 6.53. The first kappa shape index (κ1) is 17.5. The van der Waals surface area contributed by atoms with Crippen molar-refractivity contribution in [2.75, 3.05) is 5.32 Å². The predicted molar refractivity (Wildman–Crippen MR) is 91.9 cm³/mol. The molecule has 0 aromatic heterocycles. The molecule has 0 bridgehead atoms. The molecule has 24 heavy (non-hydrogen) atoms. The second-order valence-corrected chi connectivity index (χ2v) is 5.41. The van der Waals surface area contributed by atoms with Crippen molar-refractivity contribution in [3.8, 4) is 6.07 Å². The minimum atomic E-state index is -0.600. The number of hydrogen-bond acceptors (Lipinski definition) is 4. The van der Waals surface area contributed by atoms with E-state index in [0.29, 0.717) is 16.3 Å². The van der Waals surface area contributed by atoms with Gasteiger partial charge in [-0.1, -0.05) is 29.3 Å². The van der Waals surface area contributed by atoms with Gasteiger partial charge < -0.3 is 5.32 Å². The number of carbonyl (C=O) groups excluding carboxylic acids is 1. The highest BCUT2D eigenvalue weighted by atomic mass is 35.5. The minimum absolute atomic E-state index is 0.0202. The maximum absolute atomic E-state index is 11.9. The van der Waals surface area contributed by atoms with Gasteiger partial charge in [-0.05, 0) is 35.9 Å². The van der Waals surface area contributed by atoms with Crippen LogP contribution in [0, 0.1) is 21.4 Å². The van der Waals surface area contributed by atoms with Gasteiger partial charge in [-0.2, -0.15) is 5.26 Å². The Labute approximate surface area is 147 Å². The molecule has 8 heteroatoms. The Morgan fingerprint density at radius 3 is 2.58 bits per heavy atom. The number of anilines is 1. The van der Waals surface area contributed by atoms with Gasteiger partial charge >= 0.3 is 0 Å². The summed E-state index contributed by atoms with van der Waals surface area (Å²) in [5.74, 6) is -0.459. The number of nitro groups is 1. The maximum atomic E-state index is 11.9. The lowest BCUT2D eigenvalue weighted by Gasteiger charge is -2.03. The third-order valence-electron chi connectivity index (χ3n) is 2.95. The van der Waals surface area contributed by atoms with E-state index in [9.17, 15) is 14.9 Å². The highest BCUT2D eigenvalue weighted by molar-refractivity contribution is 6.32. The van der Waals surface area contributed by atoms with Gasteiger partial charge in [0.25, 0.3) is 5.69 Å². The summed E-state index contributed by atoms with van der Waals surface area (Å²) in [6, 6.07) is 10.6. The second-order valence-electron chi connectivity index (χ2n) is 4.60. The van der Waals surface area contributed by atoms with Crippen LogP contribution in [0.4, 0.5) is 11.4 Å². The summed E-state index contributed by atoms with van der Waals surface area (Å²) in [5.41, 5.74) is 0.866. The summed E-state index contributed by atoms with van der Waals surface area (Å²) in [5, 5.41) is 22.6. The second kappa shape index (κ2) is 7.59. The molecular weight excluding hydrogens is 353 g/mol. The fraction of sp³-hybridized carbons (Fsp3) is 0. The van der Waals surface area contributed by atoms with Crippen LogP contribution < -0.4 is 5.32 Å². The number of halogens is 2. The third kappa shape index (κ3) is 4.32. The number of rotatable bonds is 4. The average molecular weight is 362 g/mol. The number of benzene rings is 2. The van der Waals surface area contributed by atoms with Crippen LogP contribution in [0.5, 0.6) is 0 Å². The van der Waals surface area contributed by atoms with Crippen molar-refractivity contribution < 1.29 is 9.72 Å². The van der Waals surface area contributed by atoms with Gasteiger partial charge in [-0.3, -0.25) is 14.9 Å². The number of carbonyl (C=O) groups is 1. The number of amides is 1. The van der Waals surface area contributed by atoms with Crippen LogP contribution in [0.2, 0.25) is 10.0 Å². The lowest BCUT2D eigenvalue weighted by atomic mass is 10.2. The molecule has 0 saturated carbocycles. The van der Waals surface area contributed by atoms with Gasteiger partial charge in [-0.15, -0.1) is 0 Å². The molecule has 6 nitrogen and oxygen atoms in total. The van der Waals surface area contributed by atoms with Crippen LogP contribution >= 0.6 is 23.2 Å². The van der Waals surface area contributed by atoms with Crippen LogP contribution in [0.15, 0.2) is 42.5 Å². The number of nitrogens with one attached hydrogen (secondary N) is 1. The van der Waals surface area contributed by atoms with E-state index >= 15 is 0 Å². The molecule has 0 radical (unpaired) electrons. The minimum Gasteiger partial charge on any atom is -0.322 e. The van der Waals surface area contributed by atoms with Gasteiger partial charge in [0.2, 0.25) is 5.91 Å². The van der Waals surface area contributed by atoms with Crippen molar-refractivity contribution >= 4 is 46.6 Å². The van der Waals surface area contributed by atoms with Crippen molar-refractivity contribution in [2.24, 2.45) is 0 Å². The Morgan fingerprint density at radius 1 is 1.21 bits per heavy atom. The fourth-order valence-corrected chi connectivity index (χ4v) is 2.16.